The first-order valence-corrected chi connectivity index (χ1v) is 8.08. The summed E-state index contributed by atoms with van der Waals surface area (Å²) in [7, 11) is 0. The average Bonchev–Trinajstić information content (AvgIpc) is 2.53. The first-order chi connectivity index (χ1) is 11.8. The van der Waals surface area contributed by atoms with Crippen LogP contribution in [0.1, 0.15) is 24.5 Å². The Bertz CT molecular complexity index is 734. The maximum absolute atomic E-state index is 12.9. The van der Waals surface area contributed by atoms with Crippen molar-refractivity contribution in [2.75, 3.05) is 5.32 Å². The average molecular weight is 371 g/mol. The summed E-state index contributed by atoms with van der Waals surface area (Å²) in [4.78, 5) is 12.0. The second-order valence-electron chi connectivity index (χ2n) is 5.67. The van der Waals surface area contributed by atoms with Crippen LogP contribution >= 0.6 is 11.6 Å². The Morgan fingerprint density at radius 2 is 1.76 bits per heavy atom. The molecule has 1 unspecified atom stereocenters. The molecule has 2 aromatic carbocycles. The van der Waals surface area contributed by atoms with Gasteiger partial charge in [-0.2, -0.15) is 13.2 Å². The van der Waals surface area contributed by atoms with E-state index in [9.17, 15) is 18.0 Å². The summed E-state index contributed by atoms with van der Waals surface area (Å²) >= 11 is 6.06. The van der Waals surface area contributed by atoms with Gasteiger partial charge in [0.15, 0.2) is 0 Å². The van der Waals surface area contributed by atoms with Crippen LogP contribution in [-0.4, -0.2) is 11.9 Å². The highest BCUT2D eigenvalue weighted by Gasteiger charge is 2.33. The van der Waals surface area contributed by atoms with Crippen molar-refractivity contribution in [1.29, 1.82) is 0 Å². The Labute approximate surface area is 149 Å². The van der Waals surface area contributed by atoms with Crippen LogP contribution in [0.3, 0.4) is 0 Å². The highest BCUT2D eigenvalue weighted by Crippen LogP contribution is 2.34. The number of carbonyl (C=O) groups is 1. The van der Waals surface area contributed by atoms with Gasteiger partial charge in [-0.05, 0) is 30.7 Å². The van der Waals surface area contributed by atoms with Crippen LogP contribution in [0.25, 0.3) is 0 Å². The van der Waals surface area contributed by atoms with Gasteiger partial charge in [-0.15, -0.1) is 0 Å². The van der Waals surface area contributed by atoms with Gasteiger partial charge in [-0.25, -0.2) is 0 Å². The summed E-state index contributed by atoms with van der Waals surface area (Å²) in [6.07, 6.45) is -4.48. The molecule has 0 aliphatic rings. The van der Waals surface area contributed by atoms with E-state index in [0.29, 0.717) is 11.6 Å². The first kappa shape index (κ1) is 19.3. The number of hydrogen-bond acceptors (Lipinski definition) is 2. The van der Waals surface area contributed by atoms with Crippen LogP contribution in [0.5, 0.6) is 0 Å². The molecule has 0 aromatic heterocycles. The molecule has 0 aliphatic heterocycles. The molecule has 2 N–H and O–H groups in total. The lowest BCUT2D eigenvalue weighted by Gasteiger charge is -2.16. The van der Waals surface area contributed by atoms with Gasteiger partial charge in [0.05, 0.1) is 11.3 Å². The molecule has 1 amide bonds. The molecule has 2 rings (SSSR count). The highest BCUT2D eigenvalue weighted by molar-refractivity contribution is 6.31. The van der Waals surface area contributed by atoms with Gasteiger partial charge < -0.3 is 10.6 Å². The molecule has 3 nitrogen and oxygen atoms in total. The van der Waals surface area contributed by atoms with Crippen molar-refractivity contribution in [3.8, 4) is 0 Å². The Morgan fingerprint density at radius 3 is 2.44 bits per heavy atom. The van der Waals surface area contributed by atoms with Gasteiger partial charge in [0.1, 0.15) is 0 Å². The third-order valence-corrected chi connectivity index (χ3v) is 3.97. The van der Waals surface area contributed by atoms with Crippen molar-refractivity contribution in [2.45, 2.75) is 32.1 Å². The zero-order chi connectivity index (χ0) is 18.4. The van der Waals surface area contributed by atoms with Crippen LogP contribution < -0.4 is 10.6 Å². The van der Waals surface area contributed by atoms with Crippen LogP contribution in [-0.2, 0) is 17.5 Å². The molecule has 0 aliphatic carbocycles. The first-order valence-electron chi connectivity index (χ1n) is 7.70. The Hall–Kier alpha value is -2.05. The predicted octanol–water partition coefficient (Wildman–Crippen LogP) is 4.87. The minimum absolute atomic E-state index is 0.0383. The van der Waals surface area contributed by atoms with Crippen molar-refractivity contribution in [2.24, 2.45) is 0 Å². The van der Waals surface area contributed by atoms with E-state index in [1.165, 1.54) is 18.2 Å². The number of carbonyl (C=O) groups excluding carboxylic acids is 1. The third-order valence-electron chi connectivity index (χ3n) is 3.60. The fraction of sp³-hybridized carbons (Fsp3) is 0.278. The fourth-order valence-electron chi connectivity index (χ4n) is 2.32. The minimum atomic E-state index is -4.52. The summed E-state index contributed by atoms with van der Waals surface area (Å²) in [5, 5.41) is 6.08. The minimum Gasteiger partial charge on any atom is -0.325 e. The van der Waals surface area contributed by atoms with Crippen LogP contribution in [0.15, 0.2) is 48.5 Å². The second kappa shape index (κ2) is 8.36. The van der Waals surface area contributed by atoms with E-state index < -0.39 is 17.6 Å². The zero-order valence-electron chi connectivity index (χ0n) is 13.5. The number of rotatable bonds is 6. The number of nitrogens with one attached hydrogen (secondary N) is 2. The Kier molecular flexibility index (Phi) is 6.45. The number of hydrogen-bond donors (Lipinski definition) is 2. The highest BCUT2D eigenvalue weighted by atomic mass is 35.5. The predicted molar refractivity (Wildman–Crippen MR) is 92.4 cm³/mol. The zero-order valence-corrected chi connectivity index (χ0v) is 14.3. The topological polar surface area (TPSA) is 41.1 Å². The van der Waals surface area contributed by atoms with Gasteiger partial charge in [-0.1, -0.05) is 41.9 Å². The van der Waals surface area contributed by atoms with Crippen molar-refractivity contribution < 1.29 is 18.0 Å². The summed E-state index contributed by atoms with van der Waals surface area (Å²) in [6.45, 7) is 2.25. The van der Waals surface area contributed by atoms with Gasteiger partial charge in [0.2, 0.25) is 5.91 Å². The number of halogens is 4. The normalized spacial score (nSPS) is 12.7. The standard InChI is InChI=1S/C18H18ClF3N2O/c1-12(23-11-13-6-2-4-8-15(13)19)10-17(25)24-16-9-5-3-7-14(16)18(20,21)22/h2-9,12,23H,10-11H2,1H3,(H,24,25). The summed E-state index contributed by atoms with van der Waals surface area (Å²) in [6, 6.07) is 12.0. The summed E-state index contributed by atoms with van der Waals surface area (Å²) in [5.41, 5.74) is -0.211. The molecule has 0 spiro atoms. The quantitative estimate of drug-likeness (QED) is 0.762. The molecule has 0 heterocycles. The van der Waals surface area contributed by atoms with Crippen LogP contribution in [0, 0.1) is 0 Å². The molecule has 2 aromatic rings. The molecular formula is C18H18ClF3N2O. The molecule has 0 radical (unpaired) electrons. The molecule has 0 saturated heterocycles. The summed E-state index contributed by atoms with van der Waals surface area (Å²) < 4.78 is 38.8. The van der Waals surface area contributed by atoms with E-state index >= 15 is 0 Å². The molecule has 0 bridgehead atoms. The maximum Gasteiger partial charge on any atom is 0.418 e. The Balaban J connectivity index is 1.91. The lowest BCUT2D eigenvalue weighted by Crippen LogP contribution is -2.30. The monoisotopic (exact) mass is 370 g/mol. The van der Waals surface area contributed by atoms with Crippen molar-refractivity contribution >= 4 is 23.2 Å². The molecular weight excluding hydrogens is 353 g/mol. The Morgan fingerprint density at radius 1 is 1.12 bits per heavy atom. The lowest BCUT2D eigenvalue weighted by atomic mass is 10.1. The van der Waals surface area contributed by atoms with Crippen molar-refractivity contribution in [3.05, 3.63) is 64.7 Å². The molecule has 134 valence electrons. The van der Waals surface area contributed by atoms with E-state index in [1.807, 2.05) is 18.2 Å². The summed E-state index contributed by atoms with van der Waals surface area (Å²) in [5.74, 6) is -0.490. The number of alkyl halides is 3. The number of para-hydroxylation sites is 1. The van der Waals surface area contributed by atoms with Gasteiger partial charge in [0.25, 0.3) is 0 Å². The molecule has 0 fully saturated rings. The third kappa shape index (κ3) is 5.76. The van der Waals surface area contributed by atoms with Crippen LogP contribution in [0.4, 0.5) is 18.9 Å². The molecule has 25 heavy (non-hydrogen) atoms. The van der Waals surface area contributed by atoms with Gasteiger partial charge in [0, 0.05) is 24.0 Å². The van der Waals surface area contributed by atoms with Gasteiger partial charge in [-0.3, -0.25) is 4.79 Å². The smallest absolute Gasteiger partial charge is 0.325 e. The molecule has 1 atom stereocenters. The van der Waals surface area contributed by atoms with E-state index in [2.05, 4.69) is 10.6 Å². The lowest BCUT2D eigenvalue weighted by molar-refractivity contribution is -0.137. The van der Waals surface area contributed by atoms with Crippen molar-refractivity contribution in [1.82, 2.24) is 5.32 Å². The van der Waals surface area contributed by atoms with Crippen molar-refractivity contribution in [3.63, 3.8) is 0 Å². The largest absolute Gasteiger partial charge is 0.418 e. The van der Waals surface area contributed by atoms with E-state index in [4.69, 9.17) is 11.6 Å². The molecule has 0 saturated carbocycles. The molecule has 7 heteroatoms. The van der Waals surface area contributed by atoms with Gasteiger partial charge >= 0.3 is 6.18 Å². The second-order valence-corrected chi connectivity index (χ2v) is 6.08. The van der Waals surface area contributed by atoms with E-state index in [1.54, 1.807) is 13.0 Å². The fourth-order valence-corrected chi connectivity index (χ4v) is 2.52. The number of benzene rings is 2. The maximum atomic E-state index is 12.9. The van der Waals surface area contributed by atoms with Crippen LogP contribution in [0.2, 0.25) is 5.02 Å². The number of anilines is 1. The number of amides is 1. The SMILES string of the molecule is CC(CC(=O)Nc1ccccc1C(F)(F)F)NCc1ccccc1Cl. The van der Waals surface area contributed by atoms with E-state index in [-0.39, 0.29) is 18.2 Å². The van der Waals surface area contributed by atoms with E-state index in [0.717, 1.165) is 11.6 Å².